The van der Waals surface area contributed by atoms with Gasteiger partial charge in [-0.2, -0.15) is 0 Å². The van der Waals surface area contributed by atoms with Crippen molar-refractivity contribution in [3.05, 3.63) is 35.6 Å². The summed E-state index contributed by atoms with van der Waals surface area (Å²) in [7, 11) is 1.51. The van der Waals surface area contributed by atoms with E-state index in [2.05, 4.69) is 10.3 Å². The van der Waals surface area contributed by atoms with Crippen LogP contribution in [-0.2, 0) is 15.9 Å². The van der Waals surface area contributed by atoms with Crippen molar-refractivity contribution < 1.29 is 23.4 Å². The average molecular weight is 419 g/mol. The number of hydrogen-bond acceptors (Lipinski definition) is 6. The molecule has 3 atom stereocenters. The van der Waals surface area contributed by atoms with Crippen molar-refractivity contribution in [1.29, 1.82) is 0 Å². The van der Waals surface area contributed by atoms with E-state index in [0.717, 1.165) is 11.8 Å². The molecule has 0 radical (unpaired) electrons. The Morgan fingerprint density at radius 1 is 1.33 bits per heavy atom. The highest BCUT2D eigenvalue weighted by atomic mass is 19.1. The number of nitrogens with one attached hydrogen (secondary N) is 1. The van der Waals surface area contributed by atoms with Crippen molar-refractivity contribution in [1.82, 2.24) is 10.3 Å². The van der Waals surface area contributed by atoms with Crippen LogP contribution in [0, 0.1) is 5.82 Å². The Morgan fingerprint density at radius 2 is 2.07 bits per heavy atom. The molecular weight excluding hydrogens is 389 g/mol. The maximum atomic E-state index is 14.9. The molecule has 3 rings (SSSR count). The normalized spacial score (nSPS) is 20.6. The number of rotatable bonds is 5. The van der Waals surface area contributed by atoms with E-state index in [4.69, 9.17) is 19.9 Å². The molecule has 1 aliphatic heterocycles. The largest absolute Gasteiger partial charge is 0.481 e. The molecule has 1 fully saturated rings. The smallest absolute Gasteiger partial charge is 0.407 e. The van der Waals surface area contributed by atoms with Gasteiger partial charge < -0.3 is 25.3 Å². The van der Waals surface area contributed by atoms with E-state index in [9.17, 15) is 9.18 Å². The minimum Gasteiger partial charge on any atom is -0.481 e. The number of nitrogens with two attached hydrogens (primary N) is 1. The van der Waals surface area contributed by atoms with Crippen molar-refractivity contribution in [3.8, 4) is 5.88 Å². The number of amides is 1. The molecule has 0 unspecified atom stereocenters. The third kappa shape index (κ3) is 5.58. The zero-order valence-electron chi connectivity index (χ0n) is 17.9. The fraction of sp³-hybridized carbons (Fsp3) is 0.545. The molecule has 0 saturated carbocycles. The van der Waals surface area contributed by atoms with Gasteiger partial charge in [0, 0.05) is 29.5 Å². The summed E-state index contributed by atoms with van der Waals surface area (Å²) in [5.74, 6) is -0.00218. The summed E-state index contributed by atoms with van der Waals surface area (Å²) < 4.78 is 31.4. The second-order valence-electron chi connectivity index (χ2n) is 8.62. The van der Waals surface area contributed by atoms with Gasteiger partial charge in [0.1, 0.15) is 11.4 Å². The van der Waals surface area contributed by atoms with Crippen molar-refractivity contribution in [2.45, 2.75) is 63.8 Å². The molecule has 2 heterocycles. The van der Waals surface area contributed by atoms with Crippen LogP contribution in [0.1, 0.15) is 39.2 Å². The molecule has 2 aromatic rings. The van der Waals surface area contributed by atoms with Gasteiger partial charge in [-0.15, -0.1) is 0 Å². The minimum atomic E-state index is -0.649. The van der Waals surface area contributed by atoms with Gasteiger partial charge in [-0.05, 0) is 51.8 Å². The topological polar surface area (TPSA) is 95.7 Å². The molecule has 1 aromatic heterocycles. The van der Waals surface area contributed by atoms with E-state index in [0.29, 0.717) is 30.0 Å². The first kappa shape index (κ1) is 22.2. The number of methoxy groups -OCH3 is 1. The number of fused-ring (bicyclic) bond motifs is 1. The number of nitrogens with zero attached hydrogens (tertiary/aromatic N) is 1. The van der Waals surface area contributed by atoms with Crippen molar-refractivity contribution in [2.24, 2.45) is 5.73 Å². The summed E-state index contributed by atoms with van der Waals surface area (Å²) in [5.41, 5.74) is 6.19. The van der Waals surface area contributed by atoms with Gasteiger partial charge in [-0.1, -0.05) is 0 Å². The molecule has 0 bridgehead atoms. The summed E-state index contributed by atoms with van der Waals surface area (Å²) in [6, 6.07) is 6.10. The van der Waals surface area contributed by atoms with Gasteiger partial charge >= 0.3 is 6.09 Å². The van der Waals surface area contributed by atoms with Crippen LogP contribution in [0.5, 0.6) is 5.88 Å². The number of pyridine rings is 1. The van der Waals surface area contributed by atoms with Gasteiger partial charge in [0.15, 0.2) is 0 Å². The molecule has 3 N–H and O–H groups in total. The predicted molar refractivity (Wildman–Crippen MR) is 112 cm³/mol. The van der Waals surface area contributed by atoms with E-state index in [-0.39, 0.29) is 18.6 Å². The molecule has 1 saturated heterocycles. The zero-order valence-corrected chi connectivity index (χ0v) is 17.9. The first-order valence-corrected chi connectivity index (χ1v) is 10.1. The van der Waals surface area contributed by atoms with Crippen LogP contribution in [0.15, 0.2) is 24.3 Å². The number of hydrogen-bond donors (Lipinski definition) is 2. The quantitative estimate of drug-likeness (QED) is 0.772. The number of carbonyl (C=O) groups excluding carboxylic acids is 1. The Labute approximate surface area is 176 Å². The minimum absolute atomic E-state index is 0.0383. The van der Waals surface area contributed by atoms with E-state index >= 15 is 0 Å². The molecule has 1 aliphatic rings. The molecule has 1 aromatic carbocycles. The molecule has 0 spiro atoms. The van der Waals surface area contributed by atoms with Crippen LogP contribution in [-0.4, -0.2) is 48.6 Å². The first-order valence-electron chi connectivity index (χ1n) is 10.1. The lowest BCUT2D eigenvalue weighted by molar-refractivity contribution is -0.0204. The highest BCUT2D eigenvalue weighted by molar-refractivity contribution is 5.82. The van der Waals surface area contributed by atoms with E-state index in [1.54, 1.807) is 32.9 Å². The van der Waals surface area contributed by atoms with Gasteiger partial charge in [0.25, 0.3) is 0 Å². The summed E-state index contributed by atoms with van der Waals surface area (Å²) in [6.07, 6.45) is 0.740. The molecule has 0 aliphatic carbocycles. The monoisotopic (exact) mass is 419 g/mol. The van der Waals surface area contributed by atoms with Crippen molar-refractivity contribution in [3.63, 3.8) is 0 Å². The Hall–Kier alpha value is -2.45. The SMILES string of the molecule is COc1ccc2ccc(F)c(C[C@H](NC(=O)OC(C)(C)C)[C@@H]3CC[C@@H](N)CO3)c2n1. The number of alkyl carbamates (subject to hydrolysis) is 1. The lowest BCUT2D eigenvalue weighted by Gasteiger charge is -2.34. The zero-order chi connectivity index (χ0) is 21.9. The fourth-order valence-corrected chi connectivity index (χ4v) is 3.58. The number of ether oxygens (including phenoxy) is 3. The number of halogens is 1. The average Bonchev–Trinajstić information content (AvgIpc) is 2.68. The molecule has 7 nitrogen and oxygen atoms in total. The van der Waals surface area contributed by atoms with Crippen LogP contribution in [0.25, 0.3) is 10.9 Å². The van der Waals surface area contributed by atoms with Gasteiger partial charge in [0.05, 0.1) is 31.4 Å². The highest BCUT2D eigenvalue weighted by Crippen LogP contribution is 2.26. The maximum absolute atomic E-state index is 14.9. The Kier molecular flexibility index (Phi) is 6.77. The standard InChI is InChI=1S/C22H30FN3O4/c1-22(2,3)30-21(27)25-17(18-9-7-14(24)12-29-18)11-15-16(23)8-5-13-6-10-19(28-4)26-20(13)15/h5-6,8,10,14,17-18H,7,9,11-12,24H2,1-4H3,(H,25,27)/t14-,17+,18+/m1/s1. The van der Waals surface area contributed by atoms with Crippen molar-refractivity contribution >= 4 is 17.0 Å². The molecule has 8 heteroatoms. The Bertz CT molecular complexity index is 892. The number of aromatic nitrogens is 1. The lowest BCUT2D eigenvalue weighted by atomic mass is 9.93. The fourth-order valence-electron chi connectivity index (χ4n) is 3.58. The predicted octanol–water partition coefficient (Wildman–Crippen LogP) is 3.32. The van der Waals surface area contributed by atoms with E-state index in [1.807, 2.05) is 6.07 Å². The third-order valence-corrected chi connectivity index (χ3v) is 5.01. The maximum Gasteiger partial charge on any atom is 0.407 e. The third-order valence-electron chi connectivity index (χ3n) is 5.01. The molecular formula is C22H30FN3O4. The van der Waals surface area contributed by atoms with Crippen LogP contribution in [0.4, 0.5) is 9.18 Å². The molecule has 1 amide bonds. The van der Waals surface area contributed by atoms with E-state index in [1.165, 1.54) is 13.2 Å². The number of benzene rings is 1. The summed E-state index contributed by atoms with van der Waals surface area (Å²) >= 11 is 0. The summed E-state index contributed by atoms with van der Waals surface area (Å²) in [4.78, 5) is 16.9. The summed E-state index contributed by atoms with van der Waals surface area (Å²) in [6.45, 7) is 5.76. The lowest BCUT2D eigenvalue weighted by Crippen LogP contribution is -2.51. The van der Waals surface area contributed by atoms with Crippen LogP contribution in [0.3, 0.4) is 0 Å². The van der Waals surface area contributed by atoms with Gasteiger partial charge in [-0.25, -0.2) is 14.2 Å². The van der Waals surface area contributed by atoms with Crippen LogP contribution < -0.4 is 15.8 Å². The first-order chi connectivity index (χ1) is 14.2. The number of carbonyl (C=O) groups is 1. The molecule has 30 heavy (non-hydrogen) atoms. The van der Waals surface area contributed by atoms with Gasteiger partial charge in [-0.3, -0.25) is 0 Å². The summed E-state index contributed by atoms with van der Waals surface area (Å²) in [5, 5.41) is 3.66. The highest BCUT2D eigenvalue weighted by Gasteiger charge is 2.31. The molecule has 164 valence electrons. The second kappa shape index (κ2) is 9.14. The van der Waals surface area contributed by atoms with Crippen molar-refractivity contribution in [2.75, 3.05) is 13.7 Å². The Morgan fingerprint density at radius 3 is 2.70 bits per heavy atom. The van der Waals surface area contributed by atoms with Gasteiger partial charge in [0.2, 0.25) is 5.88 Å². The van der Waals surface area contributed by atoms with E-state index < -0.39 is 23.6 Å². The Balaban J connectivity index is 1.92. The second-order valence-corrected chi connectivity index (χ2v) is 8.62. The van der Waals surface area contributed by atoms with Crippen LogP contribution in [0.2, 0.25) is 0 Å². The van der Waals surface area contributed by atoms with Crippen LogP contribution >= 0.6 is 0 Å².